The van der Waals surface area contributed by atoms with Crippen molar-refractivity contribution in [3.8, 4) is 0 Å². The molecule has 0 atom stereocenters. The van der Waals surface area contributed by atoms with Gasteiger partial charge in [0.25, 0.3) is 5.91 Å². The highest BCUT2D eigenvalue weighted by Crippen LogP contribution is 2.26. The van der Waals surface area contributed by atoms with Crippen LogP contribution in [-0.4, -0.2) is 40.4 Å². The van der Waals surface area contributed by atoms with Gasteiger partial charge in [0.1, 0.15) is 18.0 Å². The molecule has 4 aromatic rings. The summed E-state index contributed by atoms with van der Waals surface area (Å²) < 4.78 is 11.8. The molecule has 10 nitrogen and oxygen atoms in total. The average Bonchev–Trinajstić information content (AvgIpc) is 3.59. The zero-order valence-electron chi connectivity index (χ0n) is 20.1. The number of nitrogens with one attached hydrogen (secondary N) is 2. The van der Waals surface area contributed by atoms with Gasteiger partial charge in [0.15, 0.2) is 0 Å². The van der Waals surface area contributed by atoms with Gasteiger partial charge in [-0.05, 0) is 48.5 Å². The summed E-state index contributed by atoms with van der Waals surface area (Å²) in [7, 11) is 1.22. The maximum atomic E-state index is 13.0. The number of anilines is 1. The van der Waals surface area contributed by atoms with Gasteiger partial charge in [0.05, 0.1) is 13.7 Å². The third-order valence-electron chi connectivity index (χ3n) is 5.89. The molecule has 0 aliphatic carbocycles. The third kappa shape index (κ3) is 5.02. The second kappa shape index (κ2) is 10.3. The molecule has 1 aliphatic rings. The molecule has 0 radical (unpaired) electrons. The number of aromatic nitrogens is 1. The number of esters is 1. The number of ether oxygens (including phenoxy) is 1. The monoisotopic (exact) mass is 532 g/mol. The van der Waals surface area contributed by atoms with Crippen LogP contribution in [0.4, 0.5) is 10.5 Å². The molecule has 0 bridgehead atoms. The predicted octanol–water partition coefficient (Wildman–Crippen LogP) is 4.41. The van der Waals surface area contributed by atoms with Gasteiger partial charge in [0, 0.05) is 33.4 Å². The van der Waals surface area contributed by atoms with E-state index in [9.17, 15) is 19.2 Å². The van der Waals surface area contributed by atoms with Crippen LogP contribution in [0.1, 0.15) is 21.9 Å². The number of carbonyl (C=O) groups is 4. The fraction of sp³-hybridized carbons (Fsp3) is 0.111. The lowest BCUT2D eigenvalue weighted by molar-refractivity contribution is -0.123. The number of hydrogen-bond donors (Lipinski definition) is 2. The van der Waals surface area contributed by atoms with E-state index in [1.807, 2.05) is 24.3 Å². The zero-order valence-corrected chi connectivity index (χ0v) is 20.8. The van der Waals surface area contributed by atoms with Crippen LogP contribution in [0, 0.1) is 0 Å². The molecule has 2 aromatic heterocycles. The molecule has 2 aromatic carbocycles. The number of hydrogen-bond acceptors (Lipinski definition) is 6. The number of nitrogens with zero attached hydrogens (tertiary/aromatic N) is 2. The lowest BCUT2D eigenvalue weighted by Crippen LogP contribution is -2.30. The van der Waals surface area contributed by atoms with Crippen LogP contribution in [0.15, 0.2) is 77.0 Å². The molecular weight excluding hydrogens is 512 g/mol. The van der Waals surface area contributed by atoms with Gasteiger partial charge in [-0.1, -0.05) is 29.8 Å². The lowest BCUT2D eigenvalue weighted by atomic mass is 10.1. The van der Waals surface area contributed by atoms with Crippen molar-refractivity contribution in [1.29, 1.82) is 0 Å². The van der Waals surface area contributed by atoms with E-state index in [0.29, 0.717) is 16.3 Å². The Balaban J connectivity index is 1.36. The average molecular weight is 533 g/mol. The number of para-hydroxylation sites is 1. The summed E-state index contributed by atoms with van der Waals surface area (Å²) in [6, 6.07) is 16.5. The van der Waals surface area contributed by atoms with Crippen LogP contribution >= 0.6 is 11.6 Å². The number of halogens is 1. The van der Waals surface area contributed by atoms with E-state index in [1.54, 1.807) is 41.1 Å². The molecule has 4 amide bonds. The van der Waals surface area contributed by atoms with Gasteiger partial charge in [-0.15, -0.1) is 0 Å². The van der Waals surface area contributed by atoms with Crippen LogP contribution in [0.25, 0.3) is 17.0 Å². The first kappa shape index (κ1) is 24.8. The summed E-state index contributed by atoms with van der Waals surface area (Å²) in [5.41, 5.74) is 2.12. The largest absolute Gasteiger partial charge is 0.463 e. The highest BCUT2D eigenvalue weighted by molar-refractivity contribution is 6.30. The van der Waals surface area contributed by atoms with Crippen molar-refractivity contribution in [2.75, 3.05) is 12.4 Å². The Morgan fingerprint density at radius 3 is 2.61 bits per heavy atom. The SMILES string of the molecule is COC(=O)c1ccc(CN2C(=O)N/C(=C\c3cn(CC(=O)Nc4ccc(Cl)cc4)c4ccccc34)C2=O)o1. The van der Waals surface area contributed by atoms with Crippen LogP contribution in [0.3, 0.4) is 0 Å². The van der Waals surface area contributed by atoms with E-state index in [-0.39, 0.29) is 36.2 Å². The predicted molar refractivity (Wildman–Crippen MR) is 139 cm³/mol. The maximum absolute atomic E-state index is 13.0. The number of furan rings is 1. The number of carbonyl (C=O) groups excluding carboxylic acids is 4. The zero-order chi connectivity index (χ0) is 26.8. The Kier molecular flexibility index (Phi) is 6.71. The summed E-state index contributed by atoms with van der Waals surface area (Å²) in [6.45, 7) is -0.134. The second-order valence-corrected chi connectivity index (χ2v) is 8.86. The molecule has 38 heavy (non-hydrogen) atoms. The molecule has 1 saturated heterocycles. The third-order valence-corrected chi connectivity index (χ3v) is 6.14. The molecule has 0 spiro atoms. The summed E-state index contributed by atoms with van der Waals surface area (Å²) in [4.78, 5) is 50.9. The summed E-state index contributed by atoms with van der Waals surface area (Å²) in [5.74, 6) is -1.24. The number of fused-ring (bicyclic) bond motifs is 1. The maximum Gasteiger partial charge on any atom is 0.373 e. The Labute approximate surface area is 221 Å². The normalized spacial score (nSPS) is 14.3. The van der Waals surface area contributed by atoms with Crippen LogP contribution < -0.4 is 10.6 Å². The van der Waals surface area contributed by atoms with E-state index in [2.05, 4.69) is 15.4 Å². The Morgan fingerprint density at radius 1 is 1.08 bits per heavy atom. The standard InChI is InChI=1S/C27H21ClN4O6/c1-37-26(35)23-11-10-19(38-23)14-32-25(34)21(30-27(32)36)12-16-13-31(22-5-3-2-4-20(16)22)15-24(33)29-18-8-6-17(28)7-9-18/h2-13H,14-15H2,1H3,(H,29,33)(H,30,36)/b21-12-. The number of urea groups is 1. The molecule has 1 fully saturated rings. The lowest BCUT2D eigenvalue weighted by Gasteiger charge is -2.09. The van der Waals surface area contributed by atoms with Gasteiger partial charge < -0.3 is 24.4 Å². The number of benzene rings is 2. The van der Waals surface area contributed by atoms with Gasteiger partial charge in [0.2, 0.25) is 11.7 Å². The first-order valence-corrected chi connectivity index (χ1v) is 11.8. The second-order valence-electron chi connectivity index (χ2n) is 8.42. The van der Waals surface area contributed by atoms with E-state index in [1.165, 1.54) is 19.2 Å². The highest BCUT2D eigenvalue weighted by Gasteiger charge is 2.34. The molecule has 3 heterocycles. The Morgan fingerprint density at radius 2 is 1.84 bits per heavy atom. The van der Waals surface area contributed by atoms with Crippen molar-refractivity contribution in [2.24, 2.45) is 0 Å². The number of amides is 4. The molecule has 5 rings (SSSR count). The van der Waals surface area contributed by atoms with Crippen LogP contribution in [0.5, 0.6) is 0 Å². The highest BCUT2D eigenvalue weighted by atomic mass is 35.5. The van der Waals surface area contributed by atoms with Crippen LogP contribution in [-0.2, 0) is 27.4 Å². The van der Waals surface area contributed by atoms with Crippen molar-refractivity contribution < 1.29 is 28.3 Å². The molecule has 1 aliphatic heterocycles. The first-order valence-electron chi connectivity index (χ1n) is 11.5. The summed E-state index contributed by atoms with van der Waals surface area (Å²) in [5, 5.41) is 6.78. The molecule has 0 unspecified atom stereocenters. The van der Waals surface area contributed by atoms with E-state index < -0.39 is 17.9 Å². The van der Waals surface area contributed by atoms with E-state index >= 15 is 0 Å². The van der Waals surface area contributed by atoms with Crippen molar-refractivity contribution in [3.05, 3.63) is 94.7 Å². The van der Waals surface area contributed by atoms with Crippen LogP contribution in [0.2, 0.25) is 5.02 Å². The van der Waals surface area contributed by atoms with Crippen molar-refractivity contribution in [1.82, 2.24) is 14.8 Å². The fourth-order valence-corrected chi connectivity index (χ4v) is 4.24. The quantitative estimate of drug-likeness (QED) is 0.206. The minimum atomic E-state index is -0.660. The van der Waals surface area contributed by atoms with Crippen molar-refractivity contribution in [2.45, 2.75) is 13.1 Å². The molecule has 2 N–H and O–H groups in total. The summed E-state index contributed by atoms with van der Waals surface area (Å²) >= 11 is 5.91. The van der Waals surface area contributed by atoms with Crippen molar-refractivity contribution >= 4 is 58.1 Å². The summed E-state index contributed by atoms with van der Waals surface area (Å²) in [6.07, 6.45) is 3.31. The fourth-order valence-electron chi connectivity index (χ4n) is 4.11. The molecule has 11 heteroatoms. The van der Waals surface area contributed by atoms with E-state index in [4.69, 9.17) is 16.0 Å². The van der Waals surface area contributed by atoms with Crippen molar-refractivity contribution in [3.63, 3.8) is 0 Å². The minimum Gasteiger partial charge on any atom is -0.463 e. The van der Waals surface area contributed by atoms with Gasteiger partial charge in [-0.3, -0.25) is 14.5 Å². The van der Waals surface area contributed by atoms with Gasteiger partial charge >= 0.3 is 12.0 Å². The first-order chi connectivity index (χ1) is 18.3. The van der Waals surface area contributed by atoms with Gasteiger partial charge in [-0.2, -0.15) is 0 Å². The molecule has 0 saturated carbocycles. The Bertz CT molecular complexity index is 1600. The minimum absolute atomic E-state index is 0.0275. The molecule has 192 valence electrons. The number of imide groups is 1. The Hall–Kier alpha value is -4.83. The van der Waals surface area contributed by atoms with E-state index in [0.717, 1.165) is 15.8 Å². The number of rotatable bonds is 7. The number of methoxy groups -OCH3 is 1. The topological polar surface area (TPSA) is 123 Å². The van der Waals surface area contributed by atoms with Gasteiger partial charge in [-0.25, -0.2) is 9.59 Å². The molecular formula is C27H21ClN4O6. The smallest absolute Gasteiger partial charge is 0.373 e.